The normalized spacial score (nSPS) is 16.9. The fraction of sp³-hybridized carbons (Fsp3) is 0.235. The Morgan fingerprint density at radius 2 is 2.32 bits per heavy atom. The molecule has 1 aliphatic heterocycles. The molecule has 0 radical (unpaired) electrons. The minimum absolute atomic E-state index is 0.0525. The quantitative estimate of drug-likeness (QED) is 0.722. The molecule has 3 aromatic rings. The maximum Gasteiger partial charge on any atom is 0.268 e. The van der Waals surface area contributed by atoms with Gasteiger partial charge in [-0.15, -0.1) is 0 Å². The summed E-state index contributed by atoms with van der Waals surface area (Å²) in [6.07, 6.45) is 6.59. The minimum atomic E-state index is -0.451. The number of carbonyl (C=O) groups is 1. The molecule has 0 spiro atoms. The summed E-state index contributed by atoms with van der Waals surface area (Å²) in [5.41, 5.74) is 0.922. The number of hydrogen-bond donors (Lipinski definition) is 1. The number of nitrogens with zero attached hydrogens (tertiary/aromatic N) is 5. The third-order valence-corrected chi connectivity index (χ3v) is 4.50. The van der Waals surface area contributed by atoms with Gasteiger partial charge in [0.1, 0.15) is 17.3 Å². The monoisotopic (exact) mass is 334 g/mol. The summed E-state index contributed by atoms with van der Waals surface area (Å²) < 4.78 is 1.89. The Kier molecular flexibility index (Phi) is 3.54. The molecular weight excluding hydrogens is 320 g/mol. The Labute approximate surface area is 142 Å². The number of aldehydes is 1. The number of aromatic nitrogens is 4. The molecule has 124 valence electrons. The van der Waals surface area contributed by atoms with Crippen LogP contribution in [-0.4, -0.2) is 39.1 Å². The van der Waals surface area contributed by atoms with Crippen LogP contribution >= 0.6 is 0 Å². The summed E-state index contributed by atoms with van der Waals surface area (Å²) in [5.74, 6) is 0. The molecule has 0 aromatic carbocycles. The molecule has 1 N–H and O–H groups in total. The van der Waals surface area contributed by atoms with Crippen LogP contribution in [0.2, 0.25) is 0 Å². The van der Waals surface area contributed by atoms with Gasteiger partial charge in [0, 0.05) is 30.9 Å². The average molecular weight is 334 g/mol. The lowest BCUT2D eigenvalue weighted by Gasteiger charge is -2.21. The van der Waals surface area contributed by atoms with Crippen molar-refractivity contribution >= 4 is 22.9 Å². The second-order valence-corrected chi connectivity index (χ2v) is 5.94. The van der Waals surface area contributed by atoms with Crippen molar-refractivity contribution in [2.45, 2.75) is 12.5 Å². The fourth-order valence-corrected chi connectivity index (χ4v) is 3.35. The van der Waals surface area contributed by atoms with Crippen LogP contribution in [-0.2, 0) is 0 Å². The number of nitrogens with one attached hydrogen (secondary N) is 1. The molecule has 0 amide bonds. The van der Waals surface area contributed by atoms with Crippen molar-refractivity contribution < 1.29 is 4.79 Å². The molecule has 1 atom stereocenters. The molecule has 25 heavy (non-hydrogen) atoms. The number of H-pyrrole nitrogens is 1. The molecule has 0 aliphatic carbocycles. The molecule has 1 aliphatic rings. The largest absolute Gasteiger partial charge is 0.368 e. The summed E-state index contributed by atoms with van der Waals surface area (Å²) in [7, 11) is 0. The van der Waals surface area contributed by atoms with Crippen LogP contribution in [0.15, 0.2) is 35.5 Å². The van der Waals surface area contributed by atoms with E-state index in [1.165, 1.54) is 6.20 Å². The first kappa shape index (κ1) is 15.1. The van der Waals surface area contributed by atoms with Gasteiger partial charge in [-0.1, -0.05) is 0 Å². The predicted octanol–water partition coefficient (Wildman–Crippen LogP) is 1.26. The summed E-state index contributed by atoms with van der Waals surface area (Å²) in [6.45, 7) is 1.32. The van der Waals surface area contributed by atoms with Crippen molar-refractivity contribution in [3.05, 3.63) is 52.3 Å². The van der Waals surface area contributed by atoms with Gasteiger partial charge < -0.3 is 9.88 Å². The number of pyridine rings is 2. The van der Waals surface area contributed by atoms with E-state index in [1.807, 2.05) is 27.9 Å². The summed E-state index contributed by atoms with van der Waals surface area (Å²) in [6, 6.07) is 5.65. The van der Waals surface area contributed by atoms with Crippen molar-refractivity contribution in [3.8, 4) is 6.07 Å². The van der Waals surface area contributed by atoms with E-state index in [2.05, 4.69) is 15.1 Å². The summed E-state index contributed by atoms with van der Waals surface area (Å²) in [4.78, 5) is 32.0. The topological polar surface area (TPSA) is 108 Å². The van der Waals surface area contributed by atoms with Crippen molar-refractivity contribution in [1.82, 2.24) is 19.7 Å². The van der Waals surface area contributed by atoms with Gasteiger partial charge in [0.05, 0.1) is 23.4 Å². The minimum Gasteiger partial charge on any atom is -0.368 e. The Hall–Kier alpha value is -3.47. The van der Waals surface area contributed by atoms with E-state index in [0.717, 1.165) is 6.42 Å². The van der Waals surface area contributed by atoms with E-state index in [-0.39, 0.29) is 17.3 Å². The Bertz CT molecular complexity index is 1050. The van der Waals surface area contributed by atoms with E-state index in [0.29, 0.717) is 36.0 Å². The third-order valence-electron chi connectivity index (χ3n) is 4.50. The Balaban J connectivity index is 1.86. The first-order chi connectivity index (χ1) is 12.2. The van der Waals surface area contributed by atoms with E-state index in [4.69, 9.17) is 0 Å². The molecule has 4 heterocycles. The fourth-order valence-electron chi connectivity index (χ4n) is 3.35. The predicted molar refractivity (Wildman–Crippen MR) is 90.6 cm³/mol. The lowest BCUT2D eigenvalue weighted by Crippen LogP contribution is -2.25. The van der Waals surface area contributed by atoms with Gasteiger partial charge in [-0.3, -0.25) is 19.3 Å². The van der Waals surface area contributed by atoms with Gasteiger partial charge in [-0.2, -0.15) is 10.4 Å². The molecule has 0 saturated carbocycles. The van der Waals surface area contributed by atoms with Crippen LogP contribution < -0.4 is 10.5 Å². The maximum absolute atomic E-state index is 12.3. The maximum atomic E-state index is 12.3. The molecule has 4 rings (SSSR count). The first-order valence-corrected chi connectivity index (χ1v) is 7.86. The Morgan fingerprint density at radius 3 is 3.04 bits per heavy atom. The first-order valence-electron chi connectivity index (χ1n) is 7.86. The van der Waals surface area contributed by atoms with Crippen LogP contribution in [0.5, 0.6) is 0 Å². The number of hydrogen-bond acceptors (Lipinski definition) is 6. The van der Waals surface area contributed by atoms with Gasteiger partial charge in [-0.05, 0) is 18.6 Å². The zero-order valence-corrected chi connectivity index (χ0v) is 13.2. The van der Waals surface area contributed by atoms with Crippen LogP contribution in [0.25, 0.3) is 10.9 Å². The van der Waals surface area contributed by atoms with Crippen molar-refractivity contribution in [2.75, 3.05) is 18.0 Å². The summed E-state index contributed by atoms with van der Waals surface area (Å²) in [5, 5.41) is 14.4. The molecular formula is C17H14N6O2. The Morgan fingerprint density at radius 1 is 1.44 bits per heavy atom. The number of fused-ring (bicyclic) bond motifs is 1. The molecule has 8 heteroatoms. The van der Waals surface area contributed by atoms with Gasteiger partial charge in [0.2, 0.25) is 0 Å². The number of anilines is 1. The highest BCUT2D eigenvalue weighted by Gasteiger charge is 2.28. The highest BCUT2D eigenvalue weighted by molar-refractivity contribution is 5.96. The molecule has 0 unspecified atom stereocenters. The highest BCUT2D eigenvalue weighted by atomic mass is 16.1. The van der Waals surface area contributed by atoms with Crippen molar-refractivity contribution in [1.29, 1.82) is 5.26 Å². The van der Waals surface area contributed by atoms with Crippen molar-refractivity contribution in [2.24, 2.45) is 0 Å². The second kappa shape index (κ2) is 5.87. The SMILES string of the molecule is N#Cc1c(N2CC[C@@H](n3cccn3)C2)c2cc(C=O)ncc2[nH]c1=O. The van der Waals surface area contributed by atoms with Gasteiger partial charge in [0.25, 0.3) is 5.56 Å². The molecule has 0 bridgehead atoms. The van der Waals surface area contributed by atoms with Crippen molar-refractivity contribution in [3.63, 3.8) is 0 Å². The second-order valence-electron chi connectivity index (χ2n) is 5.94. The van der Waals surface area contributed by atoms with Crippen LogP contribution in [0, 0.1) is 11.3 Å². The molecule has 3 aromatic heterocycles. The average Bonchev–Trinajstić information content (AvgIpc) is 3.31. The van der Waals surface area contributed by atoms with Gasteiger partial charge in [-0.25, -0.2) is 0 Å². The number of aromatic amines is 1. The zero-order valence-electron chi connectivity index (χ0n) is 13.2. The third kappa shape index (κ3) is 2.46. The van der Waals surface area contributed by atoms with E-state index in [9.17, 15) is 14.9 Å². The van der Waals surface area contributed by atoms with Gasteiger partial charge in [0.15, 0.2) is 6.29 Å². The van der Waals surface area contributed by atoms with Crippen LogP contribution in [0.1, 0.15) is 28.5 Å². The van der Waals surface area contributed by atoms with Crippen LogP contribution in [0.3, 0.4) is 0 Å². The number of nitriles is 1. The van der Waals surface area contributed by atoms with Crippen LogP contribution in [0.4, 0.5) is 5.69 Å². The van der Waals surface area contributed by atoms with E-state index < -0.39 is 5.56 Å². The number of carbonyl (C=O) groups excluding carboxylic acids is 1. The zero-order chi connectivity index (χ0) is 17.4. The van der Waals surface area contributed by atoms with E-state index >= 15 is 0 Å². The summed E-state index contributed by atoms with van der Waals surface area (Å²) >= 11 is 0. The highest BCUT2D eigenvalue weighted by Crippen LogP contribution is 2.33. The smallest absolute Gasteiger partial charge is 0.268 e. The molecule has 1 saturated heterocycles. The van der Waals surface area contributed by atoms with Gasteiger partial charge >= 0.3 is 0 Å². The molecule has 8 nitrogen and oxygen atoms in total. The lowest BCUT2D eigenvalue weighted by molar-refractivity contribution is 0.111. The standard InChI is InChI=1S/C17H14N6O2/c18-7-14-16(22-5-2-12(9-22)23-4-1-3-20-23)13-6-11(10-24)19-8-15(13)21-17(14)25/h1,3-4,6,8,10,12H,2,5,9H2,(H,21,25)/t12-/m1/s1. The van der Waals surface area contributed by atoms with E-state index in [1.54, 1.807) is 12.3 Å². The molecule has 1 fully saturated rings. The number of rotatable bonds is 3. The lowest BCUT2D eigenvalue weighted by atomic mass is 10.1.